The third-order valence-electron chi connectivity index (χ3n) is 4.08. The van der Waals surface area contributed by atoms with E-state index in [2.05, 4.69) is 0 Å². The molecule has 1 aliphatic rings. The van der Waals surface area contributed by atoms with Crippen LogP contribution in [-0.4, -0.2) is 53.4 Å². The number of benzene rings is 1. The number of piperidine rings is 1. The summed E-state index contributed by atoms with van der Waals surface area (Å²) in [6.07, 6.45) is 1.41. The van der Waals surface area contributed by atoms with Crippen molar-refractivity contribution in [2.24, 2.45) is 0 Å². The third-order valence-corrected chi connectivity index (χ3v) is 4.31. The molecule has 5 nitrogen and oxygen atoms in total. The highest BCUT2D eigenvalue weighted by molar-refractivity contribution is 6.27. The van der Waals surface area contributed by atoms with Gasteiger partial charge < -0.3 is 14.5 Å². The normalized spacial score (nSPS) is 17.7. The minimum absolute atomic E-state index is 0.0100. The second-order valence-corrected chi connectivity index (χ2v) is 5.86. The molecule has 126 valence electrons. The second-order valence-electron chi connectivity index (χ2n) is 5.60. The van der Waals surface area contributed by atoms with Gasteiger partial charge in [-0.25, -0.2) is 4.79 Å². The molecule has 1 fully saturated rings. The van der Waals surface area contributed by atoms with Crippen LogP contribution in [-0.2, 0) is 16.1 Å². The summed E-state index contributed by atoms with van der Waals surface area (Å²) >= 11 is 5.63. The van der Waals surface area contributed by atoms with E-state index in [-0.39, 0.29) is 30.5 Å². The fraction of sp³-hybridized carbons (Fsp3) is 0.529. The monoisotopic (exact) mass is 338 g/mol. The fourth-order valence-corrected chi connectivity index (χ4v) is 3.03. The van der Waals surface area contributed by atoms with E-state index >= 15 is 0 Å². The van der Waals surface area contributed by atoms with Gasteiger partial charge in [0.05, 0.1) is 6.04 Å². The number of likely N-dealkylation sites (tertiary alicyclic amines) is 1. The summed E-state index contributed by atoms with van der Waals surface area (Å²) in [5.74, 6) is -0.0952. The maximum absolute atomic E-state index is 12.4. The van der Waals surface area contributed by atoms with Crippen molar-refractivity contribution in [3.63, 3.8) is 0 Å². The number of halogens is 1. The number of hydrogen-bond acceptors (Lipinski definition) is 3. The standard InChI is InChI=1S/C17H23ClN2O3/c1-2-20(15-9-6-10-19(12-15)16(21)11-18)17(22)23-13-14-7-4-3-5-8-14/h3-5,7-8,15H,2,6,9-13H2,1H3/t15-/m0/s1. The molecule has 0 spiro atoms. The molecule has 6 heteroatoms. The molecule has 2 amide bonds. The first-order valence-electron chi connectivity index (χ1n) is 7.96. The van der Waals surface area contributed by atoms with Crippen LogP contribution in [0.1, 0.15) is 25.3 Å². The van der Waals surface area contributed by atoms with E-state index in [1.165, 1.54) is 0 Å². The lowest BCUT2D eigenvalue weighted by molar-refractivity contribution is -0.130. The summed E-state index contributed by atoms with van der Waals surface area (Å²) in [4.78, 5) is 27.6. The number of amides is 2. The highest BCUT2D eigenvalue weighted by Gasteiger charge is 2.30. The van der Waals surface area contributed by atoms with Crippen LogP contribution < -0.4 is 0 Å². The zero-order chi connectivity index (χ0) is 16.7. The number of nitrogens with zero attached hydrogens (tertiary/aromatic N) is 2. The molecule has 0 bridgehead atoms. The van der Waals surface area contributed by atoms with Crippen molar-refractivity contribution in [1.29, 1.82) is 0 Å². The smallest absolute Gasteiger partial charge is 0.410 e. The summed E-state index contributed by atoms with van der Waals surface area (Å²) in [7, 11) is 0. The molecule has 1 aliphatic heterocycles. The number of carbonyl (C=O) groups is 2. The zero-order valence-corrected chi connectivity index (χ0v) is 14.2. The Bertz CT molecular complexity index is 524. The highest BCUT2D eigenvalue weighted by Crippen LogP contribution is 2.17. The fourth-order valence-electron chi connectivity index (χ4n) is 2.86. The Morgan fingerprint density at radius 3 is 2.74 bits per heavy atom. The SMILES string of the molecule is CCN(C(=O)OCc1ccccc1)[C@H]1CCCN(C(=O)CCl)C1. The largest absolute Gasteiger partial charge is 0.445 e. The Hall–Kier alpha value is -1.75. The van der Waals surface area contributed by atoms with Crippen LogP contribution in [0.2, 0.25) is 0 Å². The van der Waals surface area contributed by atoms with Crippen molar-refractivity contribution in [3.8, 4) is 0 Å². The number of likely N-dealkylation sites (N-methyl/N-ethyl adjacent to an activating group) is 1. The van der Waals surface area contributed by atoms with Gasteiger partial charge >= 0.3 is 6.09 Å². The molecular weight excluding hydrogens is 316 g/mol. The van der Waals surface area contributed by atoms with Gasteiger partial charge in [0.2, 0.25) is 5.91 Å². The van der Waals surface area contributed by atoms with Crippen LogP contribution in [0.15, 0.2) is 30.3 Å². The Morgan fingerprint density at radius 2 is 2.09 bits per heavy atom. The number of hydrogen-bond donors (Lipinski definition) is 0. The topological polar surface area (TPSA) is 49.9 Å². The van der Waals surface area contributed by atoms with Gasteiger partial charge in [0.1, 0.15) is 12.5 Å². The average Bonchev–Trinajstić information content (AvgIpc) is 2.61. The molecule has 0 saturated carbocycles. The number of carbonyl (C=O) groups excluding carboxylic acids is 2. The van der Waals surface area contributed by atoms with Crippen LogP contribution in [0.5, 0.6) is 0 Å². The molecule has 1 atom stereocenters. The Balaban J connectivity index is 1.92. The van der Waals surface area contributed by atoms with Gasteiger partial charge in [0.15, 0.2) is 0 Å². The average molecular weight is 339 g/mol. The highest BCUT2D eigenvalue weighted by atomic mass is 35.5. The number of alkyl halides is 1. The minimum Gasteiger partial charge on any atom is -0.445 e. The number of rotatable bonds is 5. The minimum atomic E-state index is -0.332. The Morgan fingerprint density at radius 1 is 1.35 bits per heavy atom. The predicted molar refractivity (Wildman–Crippen MR) is 89.3 cm³/mol. The molecule has 1 saturated heterocycles. The van der Waals surface area contributed by atoms with E-state index in [1.54, 1.807) is 9.80 Å². The van der Waals surface area contributed by atoms with Gasteiger partial charge in [-0.3, -0.25) is 4.79 Å². The molecule has 1 heterocycles. The molecule has 0 aromatic heterocycles. The summed E-state index contributed by atoms with van der Waals surface area (Å²) in [5, 5.41) is 0. The quantitative estimate of drug-likeness (QED) is 0.776. The van der Waals surface area contributed by atoms with Crippen molar-refractivity contribution in [2.75, 3.05) is 25.5 Å². The Kier molecular flexibility index (Phi) is 6.71. The van der Waals surface area contributed by atoms with E-state index in [1.807, 2.05) is 37.3 Å². The first-order valence-corrected chi connectivity index (χ1v) is 8.50. The molecule has 0 unspecified atom stereocenters. The maximum Gasteiger partial charge on any atom is 0.410 e. The molecule has 23 heavy (non-hydrogen) atoms. The van der Waals surface area contributed by atoms with Crippen LogP contribution in [0.25, 0.3) is 0 Å². The lowest BCUT2D eigenvalue weighted by Crippen LogP contribution is -2.52. The maximum atomic E-state index is 12.4. The predicted octanol–water partition coefficient (Wildman–Crippen LogP) is 2.87. The van der Waals surface area contributed by atoms with Crippen molar-refractivity contribution in [2.45, 2.75) is 32.4 Å². The van der Waals surface area contributed by atoms with Gasteiger partial charge in [-0.1, -0.05) is 30.3 Å². The lowest BCUT2D eigenvalue weighted by Gasteiger charge is -2.38. The first-order chi connectivity index (χ1) is 11.2. The summed E-state index contributed by atoms with van der Waals surface area (Å²) < 4.78 is 5.41. The van der Waals surface area contributed by atoms with Gasteiger partial charge in [-0.2, -0.15) is 0 Å². The van der Waals surface area contributed by atoms with Crippen molar-refractivity contribution >= 4 is 23.6 Å². The molecule has 1 aromatic carbocycles. The Labute approximate surface area is 142 Å². The third kappa shape index (κ3) is 4.86. The van der Waals surface area contributed by atoms with Crippen LogP contribution >= 0.6 is 11.6 Å². The molecule has 0 radical (unpaired) electrons. The van der Waals surface area contributed by atoms with Gasteiger partial charge in [0.25, 0.3) is 0 Å². The zero-order valence-electron chi connectivity index (χ0n) is 13.4. The summed E-state index contributed by atoms with van der Waals surface area (Å²) in [5.41, 5.74) is 0.958. The van der Waals surface area contributed by atoms with Crippen molar-refractivity contribution < 1.29 is 14.3 Å². The molecule has 0 N–H and O–H groups in total. The van der Waals surface area contributed by atoms with Gasteiger partial charge in [-0.15, -0.1) is 11.6 Å². The molecular formula is C17H23ClN2O3. The summed E-state index contributed by atoms with van der Waals surface area (Å²) in [6, 6.07) is 9.59. The molecule has 0 aliphatic carbocycles. The van der Waals surface area contributed by atoms with Crippen molar-refractivity contribution in [1.82, 2.24) is 9.80 Å². The first kappa shape index (κ1) is 17.6. The van der Waals surface area contributed by atoms with E-state index in [9.17, 15) is 9.59 Å². The van der Waals surface area contributed by atoms with E-state index in [0.29, 0.717) is 19.6 Å². The molecule has 2 rings (SSSR count). The van der Waals surface area contributed by atoms with E-state index in [0.717, 1.165) is 18.4 Å². The molecule has 1 aromatic rings. The lowest BCUT2D eigenvalue weighted by atomic mass is 10.0. The second kappa shape index (κ2) is 8.77. The van der Waals surface area contributed by atoms with Crippen LogP contribution in [0.4, 0.5) is 4.79 Å². The van der Waals surface area contributed by atoms with Gasteiger partial charge in [0, 0.05) is 19.6 Å². The van der Waals surface area contributed by atoms with Crippen LogP contribution in [0, 0.1) is 0 Å². The van der Waals surface area contributed by atoms with Crippen molar-refractivity contribution in [3.05, 3.63) is 35.9 Å². The summed E-state index contributed by atoms with van der Waals surface area (Å²) in [6.45, 7) is 3.97. The van der Waals surface area contributed by atoms with E-state index in [4.69, 9.17) is 16.3 Å². The van der Waals surface area contributed by atoms with Crippen LogP contribution in [0.3, 0.4) is 0 Å². The van der Waals surface area contributed by atoms with Gasteiger partial charge in [-0.05, 0) is 25.3 Å². The number of ether oxygens (including phenoxy) is 1. The van der Waals surface area contributed by atoms with E-state index < -0.39 is 0 Å².